The molecule has 3 nitrogen and oxygen atoms in total. The molecule has 0 amide bonds. The van der Waals surface area contributed by atoms with Crippen molar-refractivity contribution in [1.82, 2.24) is 10.3 Å². The van der Waals surface area contributed by atoms with E-state index in [-0.39, 0.29) is 5.41 Å². The predicted octanol–water partition coefficient (Wildman–Crippen LogP) is 3.33. The van der Waals surface area contributed by atoms with Crippen molar-refractivity contribution in [3.63, 3.8) is 0 Å². The molecule has 1 aliphatic rings. The van der Waals surface area contributed by atoms with Gasteiger partial charge < -0.3 is 10.1 Å². The minimum Gasteiger partial charge on any atom is -0.378 e. The fourth-order valence-corrected chi connectivity index (χ4v) is 3.04. The molecule has 3 heteroatoms. The average Bonchev–Trinajstić information content (AvgIpc) is 2.46. The van der Waals surface area contributed by atoms with E-state index >= 15 is 0 Å². The van der Waals surface area contributed by atoms with Gasteiger partial charge in [0.2, 0.25) is 0 Å². The van der Waals surface area contributed by atoms with Crippen molar-refractivity contribution < 1.29 is 4.74 Å². The molecule has 1 heterocycles. The number of rotatable bonds is 6. The Morgan fingerprint density at radius 2 is 2.32 bits per heavy atom. The van der Waals surface area contributed by atoms with E-state index in [0.29, 0.717) is 18.2 Å². The number of nitrogens with zero attached hydrogens (tertiary/aromatic N) is 1. The molecule has 0 radical (unpaired) electrons. The maximum Gasteiger partial charge on any atom is 0.0658 e. The Morgan fingerprint density at radius 1 is 1.53 bits per heavy atom. The SMILES string of the molecule is CCOC1CC(N[C@@H](C)c2cccnc2)C1(C)CC. The molecule has 0 bridgehead atoms. The predicted molar refractivity (Wildman–Crippen MR) is 78.0 cm³/mol. The van der Waals surface area contributed by atoms with Crippen LogP contribution in [0.3, 0.4) is 0 Å². The van der Waals surface area contributed by atoms with E-state index < -0.39 is 0 Å². The normalized spacial score (nSPS) is 31.8. The summed E-state index contributed by atoms with van der Waals surface area (Å²) in [5.41, 5.74) is 1.51. The van der Waals surface area contributed by atoms with E-state index in [4.69, 9.17) is 4.74 Å². The van der Waals surface area contributed by atoms with Gasteiger partial charge in [-0.3, -0.25) is 4.98 Å². The van der Waals surface area contributed by atoms with Crippen LogP contribution in [-0.4, -0.2) is 23.7 Å². The Morgan fingerprint density at radius 3 is 2.89 bits per heavy atom. The molecule has 2 rings (SSSR count). The molecule has 0 spiro atoms. The molecule has 0 aromatic carbocycles. The summed E-state index contributed by atoms with van der Waals surface area (Å²) in [5.74, 6) is 0. The van der Waals surface area contributed by atoms with Gasteiger partial charge in [-0.1, -0.05) is 19.9 Å². The molecule has 1 saturated carbocycles. The maximum atomic E-state index is 5.85. The van der Waals surface area contributed by atoms with Crippen LogP contribution in [0, 0.1) is 5.41 Å². The number of hydrogen-bond donors (Lipinski definition) is 1. The molecule has 0 aliphatic heterocycles. The molecule has 1 N–H and O–H groups in total. The third-order valence-corrected chi connectivity index (χ3v) is 4.75. The lowest BCUT2D eigenvalue weighted by Gasteiger charge is -2.54. The molecule has 1 aromatic heterocycles. The van der Waals surface area contributed by atoms with Crippen molar-refractivity contribution in [3.05, 3.63) is 30.1 Å². The fraction of sp³-hybridized carbons (Fsp3) is 0.688. The summed E-state index contributed by atoms with van der Waals surface area (Å²) in [7, 11) is 0. The minimum atomic E-state index is 0.256. The lowest BCUT2D eigenvalue weighted by atomic mass is 9.61. The summed E-state index contributed by atoms with van der Waals surface area (Å²) in [4.78, 5) is 4.19. The van der Waals surface area contributed by atoms with Crippen molar-refractivity contribution in [3.8, 4) is 0 Å². The third kappa shape index (κ3) is 2.82. The first kappa shape index (κ1) is 14.5. The van der Waals surface area contributed by atoms with Crippen LogP contribution in [0.4, 0.5) is 0 Å². The maximum absolute atomic E-state index is 5.85. The molecule has 1 aliphatic carbocycles. The van der Waals surface area contributed by atoms with Crippen LogP contribution >= 0.6 is 0 Å². The number of pyridine rings is 1. The van der Waals surface area contributed by atoms with Gasteiger partial charge in [0, 0.05) is 36.5 Å². The van der Waals surface area contributed by atoms with E-state index in [0.717, 1.165) is 19.4 Å². The average molecular weight is 262 g/mol. The van der Waals surface area contributed by atoms with Crippen LogP contribution in [-0.2, 0) is 4.74 Å². The molecule has 3 unspecified atom stereocenters. The highest BCUT2D eigenvalue weighted by Gasteiger charge is 2.51. The third-order valence-electron chi connectivity index (χ3n) is 4.75. The Kier molecular flexibility index (Phi) is 4.58. The van der Waals surface area contributed by atoms with Crippen LogP contribution in [0.5, 0.6) is 0 Å². The second-order valence-corrected chi connectivity index (χ2v) is 5.77. The Hall–Kier alpha value is -0.930. The first-order valence-corrected chi connectivity index (χ1v) is 7.39. The van der Waals surface area contributed by atoms with E-state index in [1.807, 2.05) is 18.5 Å². The lowest BCUT2D eigenvalue weighted by Crippen LogP contribution is -2.62. The second kappa shape index (κ2) is 6.02. The van der Waals surface area contributed by atoms with Gasteiger partial charge >= 0.3 is 0 Å². The highest BCUT2D eigenvalue weighted by atomic mass is 16.5. The van der Waals surface area contributed by atoms with Gasteiger partial charge in [-0.25, -0.2) is 0 Å². The summed E-state index contributed by atoms with van der Waals surface area (Å²) in [6.45, 7) is 9.69. The topological polar surface area (TPSA) is 34.1 Å². The van der Waals surface area contributed by atoms with Gasteiger partial charge in [0.05, 0.1) is 6.10 Å². The highest BCUT2D eigenvalue weighted by Crippen LogP contribution is 2.46. The van der Waals surface area contributed by atoms with Crippen molar-refractivity contribution in [1.29, 1.82) is 0 Å². The van der Waals surface area contributed by atoms with Gasteiger partial charge in [-0.2, -0.15) is 0 Å². The standard InChI is InChI=1S/C16H26N2O/c1-5-16(4)14(10-15(16)19-6-2)18-12(3)13-8-7-9-17-11-13/h7-9,11-12,14-15,18H,5-6,10H2,1-4H3/t12-,14?,15?,16?/m0/s1. The summed E-state index contributed by atoms with van der Waals surface area (Å²) < 4.78 is 5.85. The van der Waals surface area contributed by atoms with Crippen molar-refractivity contribution in [2.24, 2.45) is 5.41 Å². The summed E-state index contributed by atoms with van der Waals surface area (Å²) in [6, 6.07) is 5.00. The van der Waals surface area contributed by atoms with E-state index in [2.05, 4.69) is 44.1 Å². The summed E-state index contributed by atoms with van der Waals surface area (Å²) in [6.07, 6.45) is 6.43. The minimum absolute atomic E-state index is 0.256. The summed E-state index contributed by atoms with van der Waals surface area (Å²) in [5, 5.41) is 3.74. The van der Waals surface area contributed by atoms with Crippen LogP contribution in [0.25, 0.3) is 0 Å². The lowest BCUT2D eigenvalue weighted by molar-refractivity contribution is -0.127. The van der Waals surface area contributed by atoms with Gasteiger partial charge in [0.25, 0.3) is 0 Å². The van der Waals surface area contributed by atoms with Crippen molar-refractivity contribution >= 4 is 0 Å². The molecule has 106 valence electrons. The molecular formula is C16H26N2O. The van der Waals surface area contributed by atoms with E-state index in [1.165, 1.54) is 5.56 Å². The molecule has 1 aromatic rings. The highest BCUT2D eigenvalue weighted by molar-refractivity contribution is 5.15. The Bertz CT molecular complexity index is 395. The zero-order chi connectivity index (χ0) is 13.9. The number of nitrogens with one attached hydrogen (secondary N) is 1. The van der Waals surface area contributed by atoms with Gasteiger partial charge in [-0.15, -0.1) is 0 Å². The van der Waals surface area contributed by atoms with Crippen LogP contribution in [0.2, 0.25) is 0 Å². The van der Waals surface area contributed by atoms with E-state index in [1.54, 1.807) is 0 Å². The largest absolute Gasteiger partial charge is 0.378 e. The summed E-state index contributed by atoms with van der Waals surface area (Å²) >= 11 is 0. The van der Waals surface area contributed by atoms with Crippen LogP contribution < -0.4 is 5.32 Å². The zero-order valence-electron chi connectivity index (χ0n) is 12.5. The molecular weight excluding hydrogens is 236 g/mol. The molecule has 19 heavy (non-hydrogen) atoms. The van der Waals surface area contributed by atoms with Crippen molar-refractivity contribution in [2.75, 3.05) is 6.61 Å². The number of aromatic nitrogens is 1. The molecule has 4 atom stereocenters. The quantitative estimate of drug-likeness (QED) is 0.854. The Labute approximate surface area is 116 Å². The Balaban J connectivity index is 1.97. The molecule has 1 fully saturated rings. The smallest absolute Gasteiger partial charge is 0.0658 e. The molecule has 0 saturated heterocycles. The van der Waals surface area contributed by atoms with E-state index in [9.17, 15) is 0 Å². The monoisotopic (exact) mass is 262 g/mol. The van der Waals surface area contributed by atoms with Gasteiger partial charge in [0.1, 0.15) is 0 Å². The van der Waals surface area contributed by atoms with Crippen LogP contribution in [0.15, 0.2) is 24.5 Å². The first-order valence-electron chi connectivity index (χ1n) is 7.39. The fourth-order valence-electron chi connectivity index (χ4n) is 3.04. The zero-order valence-corrected chi connectivity index (χ0v) is 12.5. The number of ether oxygens (including phenoxy) is 1. The number of hydrogen-bond acceptors (Lipinski definition) is 3. The van der Waals surface area contributed by atoms with Crippen LogP contribution in [0.1, 0.15) is 52.1 Å². The van der Waals surface area contributed by atoms with Gasteiger partial charge in [0.15, 0.2) is 0 Å². The van der Waals surface area contributed by atoms with Gasteiger partial charge in [-0.05, 0) is 38.3 Å². The second-order valence-electron chi connectivity index (χ2n) is 5.77. The van der Waals surface area contributed by atoms with Crippen molar-refractivity contribution in [2.45, 2.75) is 58.7 Å². The first-order chi connectivity index (χ1) is 9.11.